The van der Waals surface area contributed by atoms with E-state index in [4.69, 9.17) is 0 Å². The van der Waals surface area contributed by atoms with Crippen molar-refractivity contribution in [3.8, 4) is 11.3 Å². The van der Waals surface area contributed by atoms with Crippen molar-refractivity contribution in [1.29, 1.82) is 0 Å². The lowest BCUT2D eigenvalue weighted by Crippen LogP contribution is -2.51. The summed E-state index contributed by atoms with van der Waals surface area (Å²) >= 11 is 0. The van der Waals surface area contributed by atoms with Gasteiger partial charge in [-0.05, 0) is 24.3 Å². The lowest BCUT2D eigenvalue weighted by molar-refractivity contribution is 0.470. The van der Waals surface area contributed by atoms with Gasteiger partial charge in [0.25, 0.3) is 0 Å². The van der Waals surface area contributed by atoms with Crippen LogP contribution in [-0.4, -0.2) is 34.3 Å². The molecule has 0 amide bonds. The second kappa shape index (κ2) is 4.47. The summed E-state index contributed by atoms with van der Waals surface area (Å²) in [6.07, 6.45) is 3.53. The minimum atomic E-state index is 0.480. The highest BCUT2D eigenvalue weighted by Gasteiger charge is 2.16. The van der Waals surface area contributed by atoms with Gasteiger partial charge in [-0.1, -0.05) is 0 Å². The van der Waals surface area contributed by atoms with Gasteiger partial charge in [-0.2, -0.15) is 0 Å². The summed E-state index contributed by atoms with van der Waals surface area (Å²) in [5, 5.41) is 14.9. The van der Waals surface area contributed by atoms with Crippen LogP contribution < -0.4 is 10.6 Å². The fourth-order valence-electron chi connectivity index (χ4n) is 1.68. The zero-order chi connectivity index (χ0) is 11.5. The predicted octanol–water partition coefficient (Wildman–Crippen LogP) is 0.922. The zero-order valence-electron chi connectivity index (χ0n) is 9.30. The second-order valence-electron chi connectivity index (χ2n) is 4.05. The largest absolute Gasteiger partial charge is 0.363 e. The average Bonchev–Trinajstić information content (AvgIpc) is 2.36. The van der Waals surface area contributed by atoms with E-state index in [0.717, 1.165) is 30.2 Å². The number of pyridine rings is 1. The van der Waals surface area contributed by atoms with E-state index in [1.807, 2.05) is 24.3 Å². The van der Waals surface area contributed by atoms with Crippen LogP contribution in [0.5, 0.6) is 0 Å². The maximum Gasteiger partial charge on any atom is 0.148 e. The Balaban J connectivity index is 1.75. The summed E-state index contributed by atoms with van der Waals surface area (Å²) < 4.78 is 0. The molecule has 3 heterocycles. The van der Waals surface area contributed by atoms with Gasteiger partial charge in [0.15, 0.2) is 0 Å². The molecule has 2 N–H and O–H groups in total. The van der Waals surface area contributed by atoms with Crippen LogP contribution in [0.25, 0.3) is 11.3 Å². The highest BCUT2D eigenvalue weighted by Crippen LogP contribution is 2.15. The third-order valence-corrected chi connectivity index (χ3v) is 2.76. The van der Waals surface area contributed by atoms with Gasteiger partial charge in [0.05, 0.1) is 11.7 Å². The van der Waals surface area contributed by atoms with Crippen molar-refractivity contribution in [2.45, 2.75) is 6.04 Å². The van der Waals surface area contributed by atoms with Gasteiger partial charge in [0.1, 0.15) is 5.82 Å². The molecule has 1 aliphatic heterocycles. The first-order valence-electron chi connectivity index (χ1n) is 5.63. The summed E-state index contributed by atoms with van der Waals surface area (Å²) in [5.41, 5.74) is 1.83. The molecule has 0 bridgehead atoms. The van der Waals surface area contributed by atoms with Crippen LogP contribution in [0.4, 0.5) is 5.82 Å². The van der Waals surface area contributed by atoms with Crippen molar-refractivity contribution in [1.82, 2.24) is 20.5 Å². The molecule has 0 spiro atoms. The number of rotatable bonds is 3. The molecule has 17 heavy (non-hydrogen) atoms. The molecule has 1 fully saturated rings. The van der Waals surface area contributed by atoms with Crippen LogP contribution in [0.3, 0.4) is 0 Å². The van der Waals surface area contributed by atoms with E-state index in [1.165, 1.54) is 0 Å². The SMILES string of the molecule is c1cncc(-c2ccc(NC3CNC3)nn2)c1. The molecular weight excluding hydrogens is 214 g/mol. The van der Waals surface area contributed by atoms with E-state index >= 15 is 0 Å². The van der Waals surface area contributed by atoms with Crippen LogP contribution in [0.2, 0.25) is 0 Å². The Bertz CT molecular complexity index is 478. The number of hydrogen-bond acceptors (Lipinski definition) is 5. The monoisotopic (exact) mass is 227 g/mol. The van der Waals surface area contributed by atoms with E-state index in [1.54, 1.807) is 12.4 Å². The smallest absolute Gasteiger partial charge is 0.148 e. The number of hydrogen-bond donors (Lipinski definition) is 2. The van der Waals surface area contributed by atoms with Gasteiger partial charge >= 0.3 is 0 Å². The molecule has 1 saturated heterocycles. The van der Waals surface area contributed by atoms with Crippen LogP contribution in [0, 0.1) is 0 Å². The van der Waals surface area contributed by atoms with E-state index < -0.39 is 0 Å². The van der Waals surface area contributed by atoms with E-state index in [9.17, 15) is 0 Å². The molecule has 0 atom stereocenters. The molecule has 5 heteroatoms. The Labute approximate surface area is 99.3 Å². The first-order chi connectivity index (χ1) is 8.42. The third-order valence-electron chi connectivity index (χ3n) is 2.76. The molecule has 2 aromatic rings. The number of anilines is 1. The molecule has 0 saturated carbocycles. The van der Waals surface area contributed by atoms with Gasteiger partial charge < -0.3 is 10.6 Å². The lowest BCUT2D eigenvalue weighted by Gasteiger charge is -2.28. The Morgan fingerprint density at radius 3 is 2.71 bits per heavy atom. The molecular formula is C12H13N5. The third kappa shape index (κ3) is 2.24. The molecule has 1 aliphatic rings. The number of nitrogens with zero attached hydrogens (tertiary/aromatic N) is 3. The van der Waals surface area contributed by atoms with Crippen molar-refractivity contribution in [2.75, 3.05) is 18.4 Å². The van der Waals surface area contributed by atoms with Crippen molar-refractivity contribution in [3.05, 3.63) is 36.7 Å². The second-order valence-corrected chi connectivity index (χ2v) is 4.05. The fraction of sp³-hybridized carbons (Fsp3) is 0.250. The standard InChI is InChI=1S/C12H13N5/c1-2-9(6-13-5-1)11-3-4-12(17-16-11)15-10-7-14-8-10/h1-6,10,14H,7-8H2,(H,15,17). The summed E-state index contributed by atoms with van der Waals surface area (Å²) in [7, 11) is 0. The van der Waals surface area contributed by atoms with Crippen molar-refractivity contribution in [2.24, 2.45) is 0 Å². The maximum absolute atomic E-state index is 4.19. The summed E-state index contributed by atoms with van der Waals surface area (Å²) in [6.45, 7) is 1.98. The van der Waals surface area contributed by atoms with Crippen LogP contribution >= 0.6 is 0 Å². The average molecular weight is 227 g/mol. The topological polar surface area (TPSA) is 62.7 Å². The first-order valence-corrected chi connectivity index (χ1v) is 5.63. The summed E-state index contributed by atoms with van der Waals surface area (Å²) in [5.74, 6) is 0.823. The molecule has 2 aromatic heterocycles. The van der Waals surface area contributed by atoms with E-state index in [2.05, 4.69) is 25.8 Å². The Hall–Kier alpha value is -2.01. The minimum absolute atomic E-state index is 0.480. The normalized spacial score (nSPS) is 15.3. The molecule has 86 valence electrons. The van der Waals surface area contributed by atoms with Crippen molar-refractivity contribution >= 4 is 5.82 Å². The number of aromatic nitrogens is 3. The maximum atomic E-state index is 4.19. The molecule has 0 aliphatic carbocycles. The van der Waals surface area contributed by atoms with Crippen molar-refractivity contribution < 1.29 is 0 Å². The van der Waals surface area contributed by atoms with Crippen LogP contribution in [-0.2, 0) is 0 Å². The van der Waals surface area contributed by atoms with Crippen molar-refractivity contribution in [3.63, 3.8) is 0 Å². The number of nitrogens with one attached hydrogen (secondary N) is 2. The van der Waals surface area contributed by atoms with Crippen LogP contribution in [0.15, 0.2) is 36.7 Å². The highest BCUT2D eigenvalue weighted by molar-refractivity contribution is 5.58. The molecule has 0 radical (unpaired) electrons. The Kier molecular flexibility index (Phi) is 2.67. The van der Waals surface area contributed by atoms with Gasteiger partial charge in [-0.15, -0.1) is 10.2 Å². The fourth-order valence-corrected chi connectivity index (χ4v) is 1.68. The Morgan fingerprint density at radius 2 is 2.12 bits per heavy atom. The van der Waals surface area contributed by atoms with E-state index in [0.29, 0.717) is 6.04 Å². The predicted molar refractivity (Wildman–Crippen MR) is 65.5 cm³/mol. The molecule has 5 nitrogen and oxygen atoms in total. The van der Waals surface area contributed by atoms with Gasteiger partial charge in [0, 0.05) is 31.0 Å². The summed E-state index contributed by atoms with van der Waals surface area (Å²) in [4.78, 5) is 4.06. The zero-order valence-corrected chi connectivity index (χ0v) is 9.30. The quantitative estimate of drug-likeness (QED) is 0.816. The first kappa shape index (κ1) is 10.2. The molecule has 0 aromatic carbocycles. The van der Waals surface area contributed by atoms with E-state index in [-0.39, 0.29) is 0 Å². The lowest BCUT2D eigenvalue weighted by atomic mass is 10.2. The molecule has 3 rings (SSSR count). The molecule has 0 unspecified atom stereocenters. The van der Waals surface area contributed by atoms with Gasteiger partial charge in [-0.3, -0.25) is 4.98 Å². The van der Waals surface area contributed by atoms with Gasteiger partial charge in [0.2, 0.25) is 0 Å². The Morgan fingerprint density at radius 1 is 1.18 bits per heavy atom. The highest BCUT2D eigenvalue weighted by atomic mass is 15.2. The minimum Gasteiger partial charge on any atom is -0.363 e. The van der Waals surface area contributed by atoms with Crippen LogP contribution in [0.1, 0.15) is 0 Å². The van der Waals surface area contributed by atoms with Gasteiger partial charge in [-0.25, -0.2) is 0 Å². The summed E-state index contributed by atoms with van der Waals surface area (Å²) in [6, 6.07) is 8.25.